The number of carbonyl (C=O) groups excluding carboxylic acids is 1. The Kier molecular flexibility index (Phi) is 6.46. The first-order chi connectivity index (χ1) is 9.28. The number of methoxy groups -OCH3 is 1. The molecule has 0 saturated carbocycles. The number of hydrogen-bond acceptors (Lipinski definition) is 4. The molecule has 1 rings (SSSR count). The molecule has 1 aliphatic rings. The molecule has 1 aliphatic heterocycles. The quantitative estimate of drug-likeness (QED) is 0.729. The van der Waals surface area contributed by atoms with Crippen molar-refractivity contribution in [2.45, 2.75) is 71.5 Å². The van der Waals surface area contributed by atoms with Crippen LogP contribution in [0.25, 0.3) is 0 Å². The predicted octanol–water partition coefficient (Wildman–Crippen LogP) is 2.43. The maximum Gasteiger partial charge on any atom is 0.325 e. The van der Waals surface area contributed by atoms with E-state index in [9.17, 15) is 4.79 Å². The fraction of sp³-hybridized carbons (Fsp3) is 0.938. The molecular formula is C16H32N2O2. The van der Waals surface area contributed by atoms with Crippen LogP contribution in [0.5, 0.6) is 0 Å². The molecule has 0 aliphatic carbocycles. The van der Waals surface area contributed by atoms with E-state index in [2.05, 4.69) is 37.9 Å². The summed E-state index contributed by atoms with van der Waals surface area (Å²) in [4.78, 5) is 14.6. The van der Waals surface area contributed by atoms with Gasteiger partial charge in [-0.3, -0.25) is 10.1 Å². The van der Waals surface area contributed by atoms with Gasteiger partial charge in [0.15, 0.2) is 0 Å². The van der Waals surface area contributed by atoms with Crippen molar-refractivity contribution in [2.24, 2.45) is 5.92 Å². The molecular weight excluding hydrogens is 252 g/mol. The van der Waals surface area contributed by atoms with E-state index in [0.29, 0.717) is 6.04 Å². The average molecular weight is 284 g/mol. The minimum Gasteiger partial charge on any atom is -0.468 e. The Morgan fingerprint density at radius 3 is 2.55 bits per heavy atom. The summed E-state index contributed by atoms with van der Waals surface area (Å²) in [6.45, 7) is 12.9. The number of rotatable bonds is 7. The highest BCUT2D eigenvalue weighted by molar-refractivity contribution is 5.80. The Bertz CT molecular complexity index is 320. The van der Waals surface area contributed by atoms with Crippen molar-refractivity contribution in [3.05, 3.63) is 0 Å². The van der Waals surface area contributed by atoms with Crippen molar-refractivity contribution in [2.75, 3.05) is 20.2 Å². The summed E-state index contributed by atoms with van der Waals surface area (Å²) in [6, 6.07) is 0.942. The minimum atomic E-state index is -0.572. The molecule has 3 unspecified atom stereocenters. The number of likely N-dealkylation sites (tertiary alicyclic amines) is 1. The molecule has 1 saturated heterocycles. The van der Waals surface area contributed by atoms with Crippen LogP contribution in [0.4, 0.5) is 0 Å². The van der Waals surface area contributed by atoms with Crippen LogP contribution in [0.3, 0.4) is 0 Å². The summed E-state index contributed by atoms with van der Waals surface area (Å²) in [5, 5.41) is 3.36. The standard InChI is InChI=1S/C16H32N2O2/c1-12(2)17-16(5,15(19)20-6)8-7-9-18-11-13(3)10-14(18)4/h12-14,17H,7-11H2,1-6H3. The van der Waals surface area contributed by atoms with Crippen molar-refractivity contribution >= 4 is 5.97 Å². The van der Waals surface area contributed by atoms with Crippen LogP contribution in [0.15, 0.2) is 0 Å². The molecule has 4 heteroatoms. The second-order valence-electron chi connectivity index (χ2n) is 6.91. The number of ether oxygens (including phenoxy) is 1. The molecule has 0 spiro atoms. The highest BCUT2D eigenvalue weighted by atomic mass is 16.5. The zero-order valence-electron chi connectivity index (χ0n) is 14.0. The van der Waals surface area contributed by atoms with E-state index < -0.39 is 5.54 Å². The molecule has 1 heterocycles. The normalized spacial score (nSPS) is 26.8. The van der Waals surface area contributed by atoms with Gasteiger partial charge in [0, 0.05) is 18.6 Å². The van der Waals surface area contributed by atoms with Crippen LogP contribution >= 0.6 is 0 Å². The van der Waals surface area contributed by atoms with Gasteiger partial charge in [-0.15, -0.1) is 0 Å². The van der Waals surface area contributed by atoms with E-state index in [4.69, 9.17) is 4.74 Å². The third-order valence-corrected chi connectivity index (χ3v) is 4.28. The summed E-state index contributed by atoms with van der Waals surface area (Å²) in [6.07, 6.45) is 3.12. The van der Waals surface area contributed by atoms with Gasteiger partial charge in [0.05, 0.1) is 7.11 Å². The Hall–Kier alpha value is -0.610. The van der Waals surface area contributed by atoms with Gasteiger partial charge in [-0.2, -0.15) is 0 Å². The lowest BCUT2D eigenvalue weighted by Crippen LogP contribution is -2.53. The molecule has 118 valence electrons. The second-order valence-corrected chi connectivity index (χ2v) is 6.91. The van der Waals surface area contributed by atoms with E-state index in [1.165, 1.54) is 20.1 Å². The highest BCUT2D eigenvalue weighted by Crippen LogP contribution is 2.24. The average Bonchev–Trinajstić information content (AvgIpc) is 2.66. The van der Waals surface area contributed by atoms with Crippen LogP contribution in [-0.4, -0.2) is 48.7 Å². The number of hydrogen-bond donors (Lipinski definition) is 1. The third kappa shape index (κ3) is 4.74. The largest absolute Gasteiger partial charge is 0.468 e. The van der Waals surface area contributed by atoms with Gasteiger partial charge in [0.1, 0.15) is 5.54 Å². The lowest BCUT2D eigenvalue weighted by molar-refractivity contribution is -0.148. The smallest absolute Gasteiger partial charge is 0.325 e. The third-order valence-electron chi connectivity index (χ3n) is 4.28. The van der Waals surface area contributed by atoms with Crippen molar-refractivity contribution < 1.29 is 9.53 Å². The zero-order chi connectivity index (χ0) is 15.3. The first kappa shape index (κ1) is 17.4. The highest BCUT2D eigenvalue weighted by Gasteiger charge is 2.35. The lowest BCUT2D eigenvalue weighted by Gasteiger charge is -2.31. The van der Waals surface area contributed by atoms with Gasteiger partial charge < -0.3 is 9.64 Å². The number of nitrogens with zero attached hydrogens (tertiary/aromatic N) is 1. The Morgan fingerprint density at radius 1 is 1.45 bits per heavy atom. The number of nitrogens with one attached hydrogen (secondary N) is 1. The van der Waals surface area contributed by atoms with Gasteiger partial charge in [0.25, 0.3) is 0 Å². The van der Waals surface area contributed by atoms with Gasteiger partial charge in [-0.1, -0.05) is 6.92 Å². The van der Waals surface area contributed by atoms with Crippen LogP contribution in [-0.2, 0) is 9.53 Å². The van der Waals surface area contributed by atoms with Crippen LogP contribution < -0.4 is 5.32 Å². The van der Waals surface area contributed by atoms with Gasteiger partial charge >= 0.3 is 5.97 Å². The monoisotopic (exact) mass is 284 g/mol. The molecule has 1 N–H and O–H groups in total. The summed E-state index contributed by atoms with van der Waals surface area (Å²) < 4.78 is 4.96. The van der Waals surface area contributed by atoms with Crippen molar-refractivity contribution in [3.8, 4) is 0 Å². The molecule has 20 heavy (non-hydrogen) atoms. The van der Waals surface area contributed by atoms with Crippen LogP contribution in [0, 0.1) is 5.92 Å². The van der Waals surface area contributed by atoms with Crippen molar-refractivity contribution in [3.63, 3.8) is 0 Å². The zero-order valence-corrected chi connectivity index (χ0v) is 14.0. The van der Waals surface area contributed by atoms with Gasteiger partial charge in [0.2, 0.25) is 0 Å². The molecule has 0 radical (unpaired) electrons. The fourth-order valence-electron chi connectivity index (χ4n) is 3.43. The Morgan fingerprint density at radius 2 is 2.10 bits per heavy atom. The first-order valence-electron chi connectivity index (χ1n) is 7.88. The molecule has 0 aromatic heterocycles. The molecule has 0 bridgehead atoms. The second kappa shape index (κ2) is 7.41. The van der Waals surface area contributed by atoms with Crippen molar-refractivity contribution in [1.82, 2.24) is 10.2 Å². The first-order valence-corrected chi connectivity index (χ1v) is 7.88. The lowest BCUT2D eigenvalue weighted by atomic mass is 9.94. The molecule has 4 nitrogen and oxygen atoms in total. The maximum atomic E-state index is 12.0. The molecule has 1 fully saturated rings. The summed E-state index contributed by atoms with van der Waals surface area (Å²) in [7, 11) is 1.47. The molecule has 3 atom stereocenters. The summed E-state index contributed by atoms with van der Waals surface area (Å²) >= 11 is 0. The fourth-order valence-corrected chi connectivity index (χ4v) is 3.43. The maximum absolute atomic E-state index is 12.0. The van der Waals surface area contributed by atoms with Gasteiger partial charge in [-0.25, -0.2) is 0 Å². The van der Waals surface area contributed by atoms with E-state index in [0.717, 1.165) is 25.3 Å². The topological polar surface area (TPSA) is 41.6 Å². The molecule has 0 amide bonds. The summed E-state index contributed by atoms with van der Waals surface area (Å²) in [5.41, 5.74) is -0.572. The van der Waals surface area contributed by atoms with E-state index >= 15 is 0 Å². The summed E-state index contributed by atoms with van der Waals surface area (Å²) in [5.74, 6) is 0.639. The number of carbonyl (C=O) groups is 1. The molecule has 0 aromatic carbocycles. The van der Waals surface area contributed by atoms with Crippen LogP contribution in [0.2, 0.25) is 0 Å². The minimum absolute atomic E-state index is 0.158. The molecule has 0 aromatic rings. The predicted molar refractivity (Wildman–Crippen MR) is 82.7 cm³/mol. The van der Waals surface area contributed by atoms with E-state index in [-0.39, 0.29) is 12.0 Å². The van der Waals surface area contributed by atoms with E-state index in [1.54, 1.807) is 0 Å². The van der Waals surface area contributed by atoms with Crippen molar-refractivity contribution in [1.29, 1.82) is 0 Å². The Balaban J connectivity index is 2.48. The van der Waals surface area contributed by atoms with Crippen LogP contribution in [0.1, 0.15) is 53.9 Å². The number of esters is 1. The Labute approximate surface area is 124 Å². The van der Waals surface area contributed by atoms with E-state index in [1.807, 2.05) is 6.92 Å². The van der Waals surface area contributed by atoms with Gasteiger partial charge in [-0.05, 0) is 59.4 Å². The SMILES string of the molecule is COC(=O)C(C)(CCCN1CC(C)CC1C)NC(C)C.